The van der Waals surface area contributed by atoms with Crippen LogP contribution in [-0.2, 0) is 30.8 Å². The lowest BCUT2D eigenvalue weighted by Gasteiger charge is -2.36. The van der Waals surface area contributed by atoms with E-state index < -0.39 is 52.9 Å². The van der Waals surface area contributed by atoms with E-state index in [4.69, 9.17) is 26.0 Å². The van der Waals surface area contributed by atoms with Gasteiger partial charge in [0.05, 0.1) is 19.8 Å². The van der Waals surface area contributed by atoms with Crippen LogP contribution in [-0.4, -0.2) is 92.0 Å². The molecule has 3 aromatic rings. The summed E-state index contributed by atoms with van der Waals surface area (Å²) in [7, 11) is -4.39. The second-order valence-corrected chi connectivity index (χ2v) is 14.2. The number of hydrogen-bond acceptors (Lipinski definition) is 9. The second-order valence-electron chi connectivity index (χ2n) is 10.8. The first kappa shape index (κ1) is 38.1. The van der Waals surface area contributed by atoms with Gasteiger partial charge >= 0.3 is 18.3 Å². The highest BCUT2D eigenvalue weighted by atomic mass is 35.5. The van der Waals surface area contributed by atoms with Gasteiger partial charge in [-0.05, 0) is 43.2 Å². The molecule has 2 fully saturated rings. The van der Waals surface area contributed by atoms with Crippen LogP contribution < -0.4 is 14.9 Å². The summed E-state index contributed by atoms with van der Waals surface area (Å²) in [5.74, 6) is -3.37. The van der Waals surface area contributed by atoms with Crippen molar-refractivity contribution in [3.63, 3.8) is 0 Å². The molecule has 0 spiro atoms. The lowest BCUT2D eigenvalue weighted by Crippen LogP contribution is -2.61. The minimum Gasteiger partial charge on any atom is -0.475 e. The fourth-order valence-corrected chi connectivity index (χ4v) is 7.53. The topological polar surface area (TPSA) is 162 Å². The number of carboxylic acid groups (broad SMARTS) is 1. The van der Waals surface area contributed by atoms with Crippen LogP contribution in [0.1, 0.15) is 24.1 Å². The molecule has 2 aliphatic heterocycles. The largest absolute Gasteiger partial charge is 0.490 e. The van der Waals surface area contributed by atoms with E-state index in [1.165, 1.54) is 34.4 Å². The van der Waals surface area contributed by atoms with Gasteiger partial charge in [0, 0.05) is 50.8 Å². The number of nitrogens with zero attached hydrogens (tertiary/aromatic N) is 3. The van der Waals surface area contributed by atoms with Gasteiger partial charge in [-0.15, -0.1) is 11.3 Å². The standard InChI is InChI=1S/C26H27ClF3N5O5S2.C2HF3O2/c1-15-18(35-10-3-6-24(35)36)4-2-5-21(15)42(38,39)33-17(25(37)34-11-9-31-22(14-34)26(28,29)30)12-16-13-19(40-32-16)20-7-8-23(27)41-20;3-2(4,5)1(6)7/h2,4-5,7-8,13,17,22,31,33H,3,6,9-12,14H2,1H3;(H,6,7)/t17-,22?;/m0./s1. The van der Waals surface area contributed by atoms with Crippen molar-refractivity contribution in [3.05, 3.63) is 52.0 Å². The van der Waals surface area contributed by atoms with Crippen molar-refractivity contribution >= 4 is 56.4 Å². The first-order chi connectivity index (χ1) is 22.8. The highest BCUT2D eigenvalue weighted by Crippen LogP contribution is 2.33. The summed E-state index contributed by atoms with van der Waals surface area (Å²) in [6, 6.07) is 5.95. The summed E-state index contributed by atoms with van der Waals surface area (Å²) < 4.78 is 108. The molecule has 12 nitrogen and oxygen atoms in total. The van der Waals surface area contributed by atoms with Gasteiger partial charge in [-0.3, -0.25) is 9.59 Å². The summed E-state index contributed by atoms with van der Waals surface area (Å²) in [5.41, 5.74) is 0.962. The Morgan fingerprint density at radius 1 is 1.18 bits per heavy atom. The second kappa shape index (κ2) is 15.0. The van der Waals surface area contributed by atoms with E-state index in [2.05, 4.69) is 15.2 Å². The Labute approximate surface area is 284 Å². The summed E-state index contributed by atoms with van der Waals surface area (Å²) in [4.78, 5) is 37.9. The van der Waals surface area contributed by atoms with Crippen LogP contribution in [0.2, 0.25) is 4.34 Å². The summed E-state index contributed by atoms with van der Waals surface area (Å²) in [5, 5.41) is 13.4. The van der Waals surface area contributed by atoms with Crippen molar-refractivity contribution in [3.8, 4) is 10.6 Å². The van der Waals surface area contributed by atoms with E-state index in [0.29, 0.717) is 45.6 Å². The number of carbonyl (C=O) groups excluding carboxylic acids is 2. The zero-order chi connectivity index (χ0) is 36.3. The van der Waals surface area contributed by atoms with Crippen LogP contribution in [0.25, 0.3) is 10.6 Å². The van der Waals surface area contributed by atoms with Gasteiger partial charge in [0.2, 0.25) is 21.8 Å². The number of thiophene rings is 1. The number of aliphatic carboxylic acids is 1. The van der Waals surface area contributed by atoms with Gasteiger partial charge < -0.3 is 24.7 Å². The number of nitrogens with one attached hydrogen (secondary N) is 2. The zero-order valence-corrected chi connectivity index (χ0v) is 27.7. The molecular formula is C28H28ClF6N5O7S2. The van der Waals surface area contributed by atoms with Gasteiger partial charge in [-0.2, -0.15) is 31.1 Å². The molecule has 268 valence electrons. The highest BCUT2D eigenvalue weighted by molar-refractivity contribution is 7.89. The maximum absolute atomic E-state index is 13.7. The number of sulfonamides is 1. The first-order valence-corrected chi connectivity index (χ1v) is 17.0. The third-order valence-corrected chi connectivity index (χ3v) is 10.3. The number of piperazine rings is 1. The number of anilines is 1. The third-order valence-electron chi connectivity index (χ3n) is 7.42. The number of benzene rings is 1. The van der Waals surface area contributed by atoms with Crippen LogP contribution in [0.4, 0.5) is 32.0 Å². The summed E-state index contributed by atoms with van der Waals surface area (Å²) in [6.45, 7) is 1.17. The Bertz CT molecular complexity index is 1800. The number of carbonyl (C=O) groups is 3. The molecule has 21 heteroatoms. The quantitative estimate of drug-likeness (QED) is 0.283. The van der Waals surface area contributed by atoms with Crippen molar-refractivity contribution in [2.75, 3.05) is 31.1 Å². The number of rotatable bonds is 8. The maximum Gasteiger partial charge on any atom is 0.490 e. The smallest absolute Gasteiger partial charge is 0.475 e. The van der Waals surface area contributed by atoms with Crippen molar-refractivity contribution < 1.29 is 58.8 Å². The average Bonchev–Trinajstić information content (AvgIpc) is 3.77. The van der Waals surface area contributed by atoms with Crippen LogP contribution in [0.15, 0.2) is 45.8 Å². The Balaban J connectivity index is 0.000000698. The fourth-order valence-electron chi connectivity index (χ4n) is 5.09. The van der Waals surface area contributed by atoms with Gasteiger partial charge in [0.15, 0.2) is 5.76 Å². The molecule has 5 rings (SSSR count). The van der Waals surface area contributed by atoms with Crippen molar-refractivity contribution in [1.29, 1.82) is 0 Å². The molecule has 1 unspecified atom stereocenters. The molecule has 0 aliphatic carbocycles. The molecule has 3 N–H and O–H groups in total. The van der Waals surface area contributed by atoms with Gasteiger partial charge in [0.1, 0.15) is 12.1 Å². The van der Waals surface area contributed by atoms with Gasteiger partial charge in [0.25, 0.3) is 0 Å². The number of aromatic nitrogens is 1. The Hall–Kier alpha value is -3.72. The summed E-state index contributed by atoms with van der Waals surface area (Å²) in [6.07, 6.45) is -8.97. The number of hydrogen-bond donors (Lipinski definition) is 3. The Morgan fingerprint density at radius 2 is 1.88 bits per heavy atom. The van der Waals surface area contributed by atoms with Crippen LogP contribution in [0.5, 0.6) is 0 Å². The molecule has 2 amide bonds. The van der Waals surface area contributed by atoms with Gasteiger partial charge in [-0.1, -0.05) is 22.8 Å². The molecule has 0 radical (unpaired) electrons. The Morgan fingerprint density at radius 3 is 2.45 bits per heavy atom. The molecule has 4 heterocycles. The molecule has 2 aliphatic rings. The lowest BCUT2D eigenvalue weighted by atomic mass is 10.1. The molecule has 49 heavy (non-hydrogen) atoms. The van der Waals surface area contributed by atoms with E-state index in [-0.39, 0.29) is 36.0 Å². The predicted molar refractivity (Wildman–Crippen MR) is 164 cm³/mol. The zero-order valence-electron chi connectivity index (χ0n) is 25.3. The fraction of sp³-hybridized carbons (Fsp3) is 0.429. The van der Waals surface area contributed by atoms with E-state index in [9.17, 15) is 44.3 Å². The molecule has 2 saturated heterocycles. The van der Waals surface area contributed by atoms with Crippen LogP contribution in [0.3, 0.4) is 0 Å². The predicted octanol–water partition coefficient (Wildman–Crippen LogP) is 4.38. The van der Waals surface area contributed by atoms with Crippen LogP contribution >= 0.6 is 22.9 Å². The van der Waals surface area contributed by atoms with Crippen molar-refractivity contribution in [2.45, 2.75) is 55.5 Å². The SMILES string of the molecule is Cc1c(N2CCCC2=O)cccc1S(=O)(=O)N[C@@H](Cc1cc(-c2ccc(Cl)s2)on1)C(=O)N1CCNC(C(F)(F)F)C1.O=C(O)C(F)(F)F. The van der Waals surface area contributed by atoms with E-state index in [1.807, 2.05) is 0 Å². The monoisotopic (exact) mass is 759 g/mol. The number of amides is 2. The van der Waals surface area contributed by atoms with E-state index in [1.54, 1.807) is 25.1 Å². The normalized spacial score (nSPS) is 17.9. The minimum atomic E-state index is -5.08. The third kappa shape index (κ3) is 9.50. The number of alkyl halides is 6. The molecular weight excluding hydrogens is 732 g/mol. The van der Waals surface area contributed by atoms with Crippen LogP contribution in [0, 0.1) is 6.92 Å². The average molecular weight is 760 g/mol. The maximum atomic E-state index is 13.7. The van der Waals surface area contributed by atoms with Crippen molar-refractivity contribution in [2.24, 2.45) is 0 Å². The minimum absolute atomic E-state index is 0.0486. The molecule has 0 bridgehead atoms. The van der Waals surface area contributed by atoms with E-state index in [0.717, 1.165) is 4.90 Å². The van der Waals surface area contributed by atoms with E-state index >= 15 is 0 Å². The molecule has 0 saturated carbocycles. The van der Waals surface area contributed by atoms with Crippen molar-refractivity contribution in [1.82, 2.24) is 20.1 Å². The molecule has 2 atom stereocenters. The molecule has 1 aromatic carbocycles. The molecule has 2 aromatic heterocycles. The lowest BCUT2D eigenvalue weighted by molar-refractivity contribution is -0.192. The Kier molecular flexibility index (Phi) is 11.7. The summed E-state index contributed by atoms with van der Waals surface area (Å²) >= 11 is 7.23. The van der Waals surface area contributed by atoms with Gasteiger partial charge in [-0.25, -0.2) is 13.2 Å². The highest BCUT2D eigenvalue weighted by Gasteiger charge is 2.44. The number of carboxylic acids is 1. The number of halogens is 7. The first-order valence-electron chi connectivity index (χ1n) is 14.3.